The zero-order valence-corrected chi connectivity index (χ0v) is 9.26. The first-order chi connectivity index (χ1) is 8.24. The Balaban J connectivity index is 2.07. The number of aromatic nitrogens is 4. The highest BCUT2D eigenvalue weighted by atomic mass is 16.1. The van der Waals surface area contributed by atoms with Crippen LogP contribution in [0.2, 0.25) is 0 Å². The van der Waals surface area contributed by atoms with Gasteiger partial charge in [0.15, 0.2) is 5.82 Å². The summed E-state index contributed by atoms with van der Waals surface area (Å²) in [7, 11) is 0. The molecule has 2 aromatic heterocycles. The summed E-state index contributed by atoms with van der Waals surface area (Å²) in [4.78, 5) is 13.7. The lowest BCUT2D eigenvalue weighted by atomic mass is 10.1. The second-order valence-electron chi connectivity index (χ2n) is 4.29. The molecule has 1 atom stereocenters. The summed E-state index contributed by atoms with van der Waals surface area (Å²) in [6.45, 7) is 0.733. The molecule has 17 heavy (non-hydrogen) atoms. The Morgan fingerprint density at radius 1 is 1.41 bits per heavy atom. The second kappa shape index (κ2) is 3.81. The molecule has 0 bridgehead atoms. The van der Waals surface area contributed by atoms with Crippen molar-refractivity contribution in [2.45, 2.75) is 25.4 Å². The number of rotatable bonds is 1. The monoisotopic (exact) mass is 231 g/mol. The van der Waals surface area contributed by atoms with Crippen LogP contribution < -0.4 is 11.3 Å². The van der Waals surface area contributed by atoms with Gasteiger partial charge in [-0.15, -0.1) is 10.2 Å². The number of hydrogen-bond donors (Lipinski definition) is 2. The Morgan fingerprint density at radius 3 is 3.06 bits per heavy atom. The van der Waals surface area contributed by atoms with Crippen molar-refractivity contribution in [3.63, 3.8) is 0 Å². The van der Waals surface area contributed by atoms with Crippen LogP contribution in [0.4, 0.5) is 0 Å². The van der Waals surface area contributed by atoms with Crippen molar-refractivity contribution < 1.29 is 0 Å². The van der Waals surface area contributed by atoms with E-state index in [1.807, 2.05) is 4.57 Å². The van der Waals surface area contributed by atoms with Crippen molar-refractivity contribution in [3.8, 4) is 11.4 Å². The van der Waals surface area contributed by atoms with Crippen molar-refractivity contribution in [3.05, 3.63) is 34.5 Å². The molecule has 1 aliphatic rings. The van der Waals surface area contributed by atoms with Crippen LogP contribution in [0, 0.1) is 0 Å². The molecule has 0 fully saturated rings. The Morgan fingerprint density at radius 2 is 2.29 bits per heavy atom. The van der Waals surface area contributed by atoms with Crippen molar-refractivity contribution in [2.75, 3.05) is 0 Å². The first-order valence-electron chi connectivity index (χ1n) is 5.61. The van der Waals surface area contributed by atoms with Gasteiger partial charge >= 0.3 is 0 Å². The maximum atomic E-state index is 11.0. The standard InChI is InChI=1S/C11H13N5O/c12-8-2-3-9-14-15-11(16(9)6-8)7-1-4-10(17)13-5-7/h1,4-5,8H,2-3,6,12H2,(H,13,17). The van der Waals surface area contributed by atoms with Crippen LogP contribution in [-0.2, 0) is 13.0 Å². The molecule has 0 saturated carbocycles. The fourth-order valence-corrected chi connectivity index (χ4v) is 2.12. The first-order valence-corrected chi connectivity index (χ1v) is 5.61. The van der Waals surface area contributed by atoms with Gasteiger partial charge in [0.2, 0.25) is 5.56 Å². The van der Waals surface area contributed by atoms with E-state index in [2.05, 4.69) is 15.2 Å². The van der Waals surface area contributed by atoms with E-state index >= 15 is 0 Å². The Kier molecular flexibility index (Phi) is 2.29. The van der Waals surface area contributed by atoms with Gasteiger partial charge < -0.3 is 15.3 Å². The van der Waals surface area contributed by atoms with Crippen LogP contribution in [-0.4, -0.2) is 25.8 Å². The fourth-order valence-electron chi connectivity index (χ4n) is 2.12. The second-order valence-corrected chi connectivity index (χ2v) is 4.29. The molecule has 3 N–H and O–H groups in total. The zero-order chi connectivity index (χ0) is 11.8. The minimum absolute atomic E-state index is 0.121. The maximum absolute atomic E-state index is 11.0. The Labute approximate surface area is 97.5 Å². The van der Waals surface area contributed by atoms with Crippen molar-refractivity contribution in [1.29, 1.82) is 0 Å². The minimum Gasteiger partial charge on any atom is -0.328 e. The molecule has 88 valence electrons. The van der Waals surface area contributed by atoms with Crippen molar-refractivity contribution >= 4 is 0 Å². The summed E-state index contributed by atoms with van der Waals surface area (Å²) >= 11 is 0. The van der Waals surface area contributed by atoms with Crippen LogP contribution in [0.25, 0.3) is 11.4 Å². The van der Waals surface area contributed by atoms with Gasteiger partial charge in [-0.05, 0) is 12.5 Å². The molecule has 2 aromatic rings. The SMILES string of the molecule is NC1CCc2nnc(-c3ccc(=O)[nH]c3)n2C1. The lowest BCUT2D eigenvalue weighted by Crippen LogP contribution is -2.32. The number of pyridine rings is 1. The molecule has 3 rings (SSSR count). The third-order valence-electron chi connectivity index (χ3n) is 3.03. The molecule has 1 unspecified atom stereocenters. The molecule has 6 heteroatoms. The van der Waals surface area contributed by atoms with Crippen LogP contribution in [0.5, 0.6) is 0 Å². The molecule has 1 aliphatic heterocycles. The van der Waals surface area contributed by atoms with Crippen LogP contribution in [0.15, 0.2) is 23.1 Å². The highest BCUT2D eigenvalue weighted by Gasteiger charge is 2.21. The summed E-state index contributed by atoms with van der Waals surface area (Å²) in [6.07, 6.45) is 3.46. The van der Waals surface area contributed by atoms with Crippen molar-refractivity contribution in [1.82, 2.24) is 19.7 Å². The molecule has 3 heterocycles. The molecular weight excluding hydrogens is 218 g/mol. The summed E-state index contributed by atoms with van der Waals surface area (Å²) in [5.41, 5.74) is 6.68. The van der Waals surface area contributed by atoms with Gasteiger partial charge in [0, 0.05) is 36.8 Å². The lowest BCUT2D eigenvalue weighted by Gasteiger charge is -2.20. The van der Waals surface area contributed by atoms with Gasteiger partial charge in [0.1, 0.15) is 5.82 Å². The minimum atomic E-state index is -0.121. The van der Waals surface area contributed by atoms with E-state index in [0.717, 1.165) is 36.6 Å². The number of nitrogens with zero attached hydrogens (tertiary/aromatic N) is 3. The van der Waals surface area contributed by atoms with Gasteiger partial charge in [-0.2, -0.15) is 0 Å². The number of nitrogens with two attached hydrogens (primary N) is 1. The van der Waals surface area contributed by atoms with Gasteiger partial charge in [0.25, 0.3) is 0 Å². The molecule has 6 nitrogen and oxygen atoms in total. The number of hydrogen-bond acceptors (Lipinski definition) is 4. The summed E-state index contributed by atoms with van der Waals surface area (Å²) in [5, 5.41) is 8.32. The number of fused-ring (bicyclic) bond motifs is 1. The molecule has 0 aliphatic carbocycles. The largest absolute Gasteiger partial charge is 0.328 e. The van der Waals surface area contributed by atoms with E-state index in [-0.39, 0.29) is 11.6 Å². The van der Waals surface area contributed by atoms with Gasteiger partial charge in [0.05, 0.1) is 0 Å². The van der Waals surface area contributed by atoms with E-state index in [1.54, 1.807) is 12.3 Å². The van der Waals surface area contributed by atoms with Crippen LogP contribution in [0.1, 0.15) is 12.2 Å². The summed E-state index contributed by atoms with van der Waals surface area (Å²) < 4.78 is 2.03. The highest BCUT2D eigenvalue weighted by Crippen LogP contribution is 2.21. The molecule has 0 amide bonds. The quantitative estimate of drug-likeness (QED) is 0.717. The van der Waals surface area contributed by atoms with E-state index in [9.17, 15) is 4.79 Å². The average molecular weight is 231 g/mol. The van der Waals surface area contributed by atoms with Gasteiger partial charge in [-0.1, -0.05) is 0 Å². The Bertz CT molecular complexity index is 580. The van der Waals surface area contributed by atoms with Gasteiger partial charge in [-0.3, -0.25) is 4.79 Å². The summed E-state index contributed by atoms with van der Waals surface area (Å²) in [6, 6.07) is 3.38. The number of aryl methyl sites for hydroxylation is 1. The summed E-state index contributed by atoms with van der Waals surface area (Å²) in [5.74, 6) is 1.74. The van der Waals surface area contributed by atoms with E-state index in [1.165, 1.54) is 6.07 Å². The highest BCUT2D eigenvalue weighted by molar-refractivity contribution is 5.53. The average Bonchev–Trinajstić information content (AvgIpc) is 2.73. The number of H-pyrrole nitrogens is 1. The normalized spacial score (nSPS) is 19.0. The predicted octanol–water partition coefficient (Wildman–Crippen LogP) is -0.0931. The molecule has 0 saturated heterocycles. The molecule has 0 radical (unpaired) electrons. The third kappa shape index (κ3) is 1.76. The molecular formula is C11H13N5O. The van der Waals surface area contributed by atoms with Crippen LogP contribution in [0.3, 0.4) is 0 Å². The van der Waals surface area contributed by atoms with E-state index in [4.69, 9.17) is 5.73 Å². The molecule has 0 spiro atoms. The Hall–Kier alpha value is -1.95. The fraction of sp³-hybridized carbons (Fsp3) is 0.364. The smallest absolute Gasteiger partial charge is 0.247 e. The zero-order valence-electron chi connectivity index (χ0n) is 9.26. The maximum Gasteiger partial charge on any atom is 0.247 e. The lowest BCUT2D eigenvalue weighted by molar-refractivity contribution is 0.456. The van der Waals surface area contributed by atoms with E-state index in [0.29, 0.717) is 0 Å². The predicted molar refractivity (Wildman–Crippen MR) is 62.4 cm³/mol. The van der Waals surface area contributed by atoms with Crippen LogP contribution >= 0.6 is 0 Å². The van der Waals surface area contributed by atoms with Gasteiger partial charge in [-0.25, -0.2) is 0 Å². The number of aromatic amines is 1. The van der Waals surface area contributed by atoms with E-state index < -0.39 is 0 Å². The first kappa shape index (κ1) is 10.2. The molecule has 0 aromatic carbocycles. The number of nitrogens with one attached hydrogen (secondary N) is 1. The topological polar surface area (TPSA) is 89.6 Å². The third-order valence-corrected chi connectivity index (χ3v) is 3.03. The van der Waals surface area contributed by atoms with Crippen molar-refractivity contribution in [2.24, 2.45) is 5.73 Å².